The first-order chi connectivity index (χ1) is 19.0. The number of carboxylic acids is 1. The number of aromatic carboxylic acids is 1. The minimum Gasteiger partial charge on any atom is -0.478 e. The van der Waals surface area contributed by atoms with Gasteiger partial charge in [-0.15, -0.1) is 0 Å². The molecule has 1 atom stereocenters. The van der Waals surface area contributed by atoms with Crippen molar-refractivity contribution in [1.82, 2.24) is 10.3 Å². The molecule has 2 fully saturated rings. The largest absolute Gasteiger partial charge is 0.478 e. The van der Waals surface area contributed by atoms with Crippen LogP contribution in [0.2, 0.25) is 0 Å². The fraction of sp³-hybridized carbons (Fsp3) is 0.438. The van der Waals surface area contributed by atoms with Crippen molar-refractivity contribution < 1.29 is 23.8 Å². The van der Waals surface area contributed by atoms with Crippen LogP contribution in [-0.2, 0) is 27.7 Å². The van der Waals surface area contributed by atoms with Crippen LogP contribution in [-0.4, -0.2) is 54.1 Å². The third-order valence-corrected chi connectivity index (χ3v) is 8.43. The summed E-state index contributed by atoms with van der Waals surface area (Å²) >= 11 is 0. The number of benzene rings is 2. The van der Waals surface area contributed by atoms with E-state index in [4.69, 9.17) is 14.6 Å². The number of hydrogen-bond acceptors (Lipinski definition) is 5. The molecule has 1 spiro atoms. The van der Waals surface area contributed by atoms with Crippen molar-refractivity contribution >= 4 is 5.97 Å². The molecule has 206 valence electrons. The van der Waals surface area contributed by atoms with Gasteiger partial charge in [0.1, 0.15) is 5.82 Å². The average molecular weight is 533 g/mol. The van der Waals surface area contributed by atoms with Crippen LogP contribution in [0.1, 0.15) is 59.3 Å². The summed E-state index contributed by atoms with van der Waals surface area (Å²) in [6.07, 6.45) is 8.29. The SMILES string of the molecule is Fc1ccc(C2(CCNC3Cc4ccccc4C3)CCOC3(CCOCC3)C2)nc1.O=C(O)c1ccccc1. The van der Waals surface area contributed by atoms with Crippen molar-refractivity contribution in [2.24, 2.45) is 0 Å². The highest BCUT2D eigenvalue weighted by molar-refractivity contribution is 5.87. The van der Waals surface area contributed by atoms with Crippen LogP contribution >= 0.6 is 0 Å². The zero-order valence-electron chi connectivity index (χ0n) is 22.3. The third kappa shape index (κ3) is 6.72. The first-order valence-corrected chi connectivity index (χ1v) is 13.9. The van der Waals surface area contributed by atoms with E-state index in [1.165, 1.54) is 17.3 Å². The van der Waals surface area contributed by atoms with Crippen LogP contribution in [0.15, 0.2) is 72.9 Å². The van der Waals surface area contributed by atoms with Gasteiger partial charge in [0, 0.05) is 37.0 Å². The topological polar surface area (TPSA) is 80.7 Å². The lowest BCUT2D eigenvalue weighted by Crippen LogP contribution is -2.51. The Morgan fingerprint density at radius 3 is 2.26 bits per heavy atom. The van der Waals surface area contributed by atoms with E-state index in [2.05, 4.69) is 34.6 Å². The number of ether oxygens (including phenoxy) is 2. The van der Waals surface area contributed by atoms with E-state index >= 15 is 0 Å². The second-order valence-electron chi connectivity index (χ2n) is 11.0. The Morgan fingerprint density at radius 1 is 0.949 bits per heavy atom. The molecule has 3 aromatic rings. The molecule has 6 rings (SSSR count). The lowest BCUT2D eigenvalue weighted by atomic mass is 9.66. The van der Waals surface area contributed by atoms with E-state index in [-0.39, 0.29) is 16.8 Å². The molecule has 2 aromatic carbocycles. The minimum absolute atomic E-state index is 0.0816. The molecule has 1 aliphatic carbocycles. The van der Waals surface area contributed by atoms with E-state index in [1.807, 2.05) is 6.07 Å². The molecule has 2 saturated heterocycles. The molecule has 0 radical (unpaired) electrons. The molecule has 39 heavy (non-hydrogen) atoms. The molecular formula is C32H37FN2O4. The second-order valence-corrected chi connectivity index (χ2v) is 11.0. The van der Waals surface area contributed by atoms with Gasteiger partial charge in [0.05, 0.1) is 17.4 Å². The van der Waals surface area contributed by atoms with Crippen molar-refractivity contribution in [2.45, 2.75) is 62.0 Å². The van der Waals surface area contributed by atoms with Gasteiger partial charge in [-0.3, -0.25) is 4.98 Å². The van der Waals surface area contributed by atoms with Gasteiger partial charge in [0.2, 0.25) is 0 Å². The number of hydrogen-bond donors (Lipinski definition) is 2. The Labute approximate surface area is 229 Å². The zero-order chi connectivity index (χ0) is 27.1. The van der Waals surface area contributed by atoms with Crippen LogP contribution in [0.25, 0.3) is 0 Å². The van der Waals surface area contributed by atoms with Gasteiger partial charge in [-0.25, -0.2) is 9.18 Å². The van der Waals surface area contributed by atoms with Gasteiger partial charge in [0.25, 0.3) is 0 Å². The van der Waals surface area contributed by atoms with E-state index in [1.54, 1.807) is 36.4 Å². The van der Waals surface area contributed by atoms with Gasteiger partial charge < -0.3 is 19.9 Å². The van der Waals surface area contributed by atoms with E-state index < -0.39 is 5.97 Å². The number of carbonyl (C=O) groups is 1. The standard InChI is InChI=1S/C25H31FN2O2.C7H6O2/c26-21-5-6-23(28-17-21)24(8-14-30-25(18-24)9-12-29-13-10-25)7-11-27-22-15-19-3-1-2-4-20(19)16-22;8-7(9)6-4-2-1-3-5-6/h1-6,17,22,27H,7-16,18H2;1-5H,(H,8,9). The predicted molar refractivity (Wildman–Crippen MR) is 148 cm³/mol. The Kier molecular flexibility index (Phi) is 8.70. The predicted octanol–water partition coefficient (Wildman–Crippen LogP) is 5.35. The van der Waals surface area contributed by atoms with Crippen molar-refractivity contribution in [2.75, 3.05) is 26.4 Å². The molecule has 0 amide bonds. The molecule has 3 aliphatic rings. The molecule has 0 bridgehead atoms. The van der Waals surface area contributed by atoms with Gasteiger partial charge in [0.15, 0.2) is 0 Å². The summed E-state index contributed by atoms with van der Waals surface area (Å²) in [5, 5.41) is 12.2. The Hall–Kier alpha value is -3.13. The Balaban J connectivity index is 0.000000292. The lowest BCUT2D eigenvalue weighted by Gasteiger charge is -2.49. The lowest BCUT2D eigenvalue weighted by molar-refractivity contribution is -0.154. The normalized spacial score (nSPS) is 22.1. The van der Waals surface area contributed by atoms with Crippen LogP contribution in [0.3, 0.4) is 0 Å². The second kappa shape index (κ2) is 12.4. The van der Waals surface area contributed by atoms with E-state index in [9.17, 15) is 9.18 Å². The molecule has 3 heterocycles. The number of aromatic nitrogens is 1. The maximum absolute atomic E-state index is 13.6. The first-order valence-electron chi connectivity index (χ1n) is 13.9. The van der Waals surface area contributed by atoms with Crippen molar-refractivity contribution in [3.63, 3.8) is 0 Å². The summed E-state index contributed by atoms with van der Waals surface area (Å²) in [5.74, 6) is -1.15. The number of carboxylic acid groups (broad SMARTS) is 1. The number of halogens is 1. The smallest absolute Gasteiger partial charge is 0.335 e. The van der Waals surface area contributed by atoms with Crippen molar-refractivity contribution in [1.29, 1.82) is 0 Å². The highest BCUT2D eigenvalue weighted by atomic mass is 19.1. The molecule has 1 unspecified atom stereocenters. The van der Waals surface area contributed by atoms with E-state index in [0.29, 0.717) is 11.6 Å². The fourth-order valence-electron chi connectivity index (χ4n) is 6.33. The van der Waals surface area contributed by atoms with Gasteiger partial charge >= 0.3 is 5.97 Å². The summed E-state index contributed by atoms with van der Waals surface area (Å²) in [6, 6.07) is 21.0. The summed E-state index contributed by atoms with van der Waals surface area (Å²) < 4.78 is 25.5. The van der Waals surface area contributed by atoms with Crippen molar-refractivity contribution in [3.8, 4) is 0 Å². The third-order valence-electron chi connectivity index (χ3n) is 8.43. The molecule has 7 heteroatoms. The molecule has 2 aliphatic heterocycles. The fourth-order valence-corrected chi connectivity index (χ4v) is 6.33. The summed E-state index contributed by atoms with van der Waals surface area (Å²) in [6.45, 7) is 3.18. The summed E-state index contributed by atoms with van der Waals surface area (Å²) in [7, 11) is 0. The maximum atomic E-state index is 13.6. The van der Waals surface area contributed by atoms with Crippen LogP contribution in [0, 0.1) is 5.82 Å². The van der Waals surface area contributed by atoms with E-state index in [0.717, 1.165) is 77.0 Å². The Morgan fingerprint density at radius 2 is 1.64 bits per heavy atom. The summed E-state index contributed by atoms with van der Waals surface area (Å²) in [4.78, 5) is 14.7. The number of fused-ring (bicyclic) bond motifs is 1. The summed E-state index contributed by atoms with van der Waals surface area (Å²) in [5.41, 5.74) is 4.07. The zero-order valence-corrected chi connectivity index (χ0v) is 22.3. The molecule has 2 N–H and O–H groups in total. The molecular weight excluding hydrogens is 495 g/mol. The highest BCUT2D eigenvalue weighted by Crippen LogP contribution is 2.47. The molecule has 1 aromatic heterocycles. The molecule has 6 nitrogen and oxygen atoms in total. The quantitative estimate of drug-likeness (QED) is 0.446. The molecule has 0 saturated carbocycles. The number of pyridine rings is 1. The van der Waals surface area contributed by atoms with Crippen molar-refractivity contribution in [3.05, 3.63) is 101 Å². The van der Waals surface area contributed by atoms with Crippen LogP contribution in [0.4, 0.5) is 4.39 Å². The van der Waals surface area contributed by atoms with Crippen LogP contribution < -0.4 is 5.32 Å². The highest BCUT2D eigenvalue weighted by Gasteiger charge is 2.48. The number of nitrogens with zero attached hydrogens (tertiary/aromatic N) is 1. The number of rotatable bonds is 6. The van der Waals surface area contributed by atoms with Gasteiger partial charge in [-0.2, -0.15) is 0 Å². The first kappa shape index (κ1) is 27.4. The average Bonchev–Trinajstić information content (AvgIpc) is 3.38. The van der Waals surface area contributed by atoms with Crippen LogP contribution in [0.5, 0.6) is 0 Å². The number of nitrogens with one attached hydrogen (secondary N) is 1. The maximum Gasteiger partial charge on any atom is 0.335 e. The van der Waals surface area contributed by atoms with Gasteiger partial charge in [-0.1, -0.05) is 42.5 Å². The monoisotopic (exact) mass is 532 g/mol. The Bertz CT molecular complexity index is 1200. The van der Waals surface area contributed by atoms with Gasteiger partial charge in [-0.05, 0) is 86.9 Å². The minimum atomic E-state index is -0.879.